The van der Waals surface area contributed by atoms with E-state index in [9.17, 15) is 14.7 Å². The van der Waals surface area contributed by atoms with E-state index in [4.69, 9.17) is 0 Å². The largest absolute Gasteiger partial charge is 0.385 e. The van der Waals surface area contributed by atoms with Gasteiger partial charge >= 0.3 is 0 Å². The lowest BCUT2D eigenvalue weighted by Crippen LogP contribution is -2.55. The molecular formula is C18H24O3. The number of Topliss-reactive ketones (excluding diaryl/α,β-unsaturated/α-hetero) is 1. The maximum atomic E-state index is 12.3. The van der Waals surface area contributed by atoms with Gasteiger partial charge in [0.05, 0.1) is 5.60 Å². The molecule has 114 valence electrons. The van der Waals surface area contributed by atoms with Gasteiger partial charge in [-0.1, -0.05) is 6.92 Å². The Morgan fingerprint density at radius 2 is 1.86 bits per heavy atom. The Morgan fingerprint density at radius 3 is 2.67 bits per heavy atom. The van der Waals surface area contributed by atoms with E-state index in [0.717, 1.165) is 44.1 Å². The zero-order chi connectivity index (χ0) is 14.8. The Balaban J connectivity index is 1.70. The molecule has 3 saturated carbocycles. The van der Waals surface area contributed by atoms with E-state index in [0.29, 0.717) is 30.5 Å². The van der Waals surface area contributed by atoms with Gasteiger partial charge in [0.2, 0.25) is 0 Å². The fourth-order valence-corrected chi connectivity index (χ4v) is 5.95. The summed E-state index contributed by atoms with van der Waals surface area (Å²) >= 11 is 0. The maximum absolute atomic E-state index is 12.3. The molecule has 0 bridgehead atoms. The molecule has 4 aliphatic rings. The van der Waals surface area contributed by atoms with E-state index in [1.54, 1.807) is 6.08 Å². The Kier molecular flexibility index (Phi) is 2.79. The molecule has 3 fully saturated rings. The van der Waals surface area contributed by atoms with Crippen LogP contribution in [0.15, 0.2) is 11.6 Å². The van der Waals surface area contributed by atoms with Crippen LogP contribution in [0.5, 0.6) is 0 Å². The van der Waals surface area contributed by atoms with Crippen LogP contribution in [0, 0.1) is 23.2 Å². The van der Waals surface area contributed by atoms with Gasteiger partial charge in [0.15, 0.2) is 5.78 Å². The first-order valence-corrected chi connectivity index (χ1v) is 8.45. The van der Waals surface area contributed by atoms with Gasteiger partial charge in [0.25, 0.3) is 0 Å². The van der Waals surface area contributed by atoms with E-state index in [1.165, 1.54) is 0 Å². The molecule has 0 aromatic carbocycles. The Morgan fingerprint density at radius 1 is 1.05 bits per heavy atom. The second-order valence-corrected chi connectivity index (χ2v) is 7.89. The van der Waals surface area contributed by atoms with Gasteiger partial charge in [-0.05, 0) is 67.9 Å². The maximum Gasteiger partial charge on any atom is 0.155 e. The highest BCUT2D eigenvalue weighted by atomic mass is 16.3. The minimum atomic E-state index is -0.760. The molecule has 0 radical (unpaired) electrons. The quantitative estimate of drug-likeness (QED) is 0.745. The molecule has 3 heteroatoms. The van der Waals surface area contributed by atoms with Crippen molar-refractivity contribution < 1.29 is 14.7 Å². The van der Waals surface area contributed by atoms with Gasteiger partial charge in [-0.2, -0.15) is 0 Å². The predicted octanol–water partition coefficient (Wildman–Crippen LogP) is 2.81. The van der Waals surface area contributed by atoms with Crippen molar-refractivity contribution in [2.45, 2.75) is 63.9 Å². The van der Waals surface area contributed by atoms with Crippen LogP contribution >= 0.6 is 0 Å². The second-order valence-electron chi connectivity index (χ2n) is 7.89. The number of hydrogen-bond donors (Lipinski definition) is 1. The molecule has 0 aromatic rings. The van der Waals surface area contributed by atoms with Crippen LogP contribution in [0.1, 0.15) is 58.3 Å². The number of fused-ring (bicyclic) bond motifs is 5. The Labute approximate surface area is 125 Å². The van der Waals surface area contributed by atoms with E-state index in [2.05, 4.69) is 6.92 Å². The third-order valence-electron chi connectivity index (χ3n) is 7.15. The van der Waals surface area contributed by atoms with Crippen LogP contribution in [0.4, 0.5) is 0 Å². The van der Waals surface area contributed by atoms with Crippen LogP contribution in [-0.2, 0) is 9.59 Å². The van der Waals surface area contributed by atoms with Gasteiger partial charge in [0.1, 0.15) is 5.78 Å². The number of hydrogen-bond acceptors (Lipinski definition) is 3. The van der Waals surface area contributed by atoms with Gasteiger partial charge in [-0.15, -0.1) is 0 Å². The summed E-state index contributed by atoms with van der Waals surface area (Å²) in [6.07, 6.45) is 8.25. The van der Waals surface area contributed by atoms with Gasteiger partial charge in [0, 0.05) is 18.3 Å². The fourth-order valence-electron chi connectivity index (χ4n) is 5.95. The van der Waals surface area contributed by atoms with Crippen molar-refractivity contribution in [3.63, 3.8) is 0 Å². The molecule has 0 amide bonds. The number of aliphatic hydroxyl groups is 1. The molecule has 4 unspecified atom stereocenters. The Hall–Kier alpha value is -0.960. The first-order valence-electron chi connectivity index (χ1n) is 8.45. The van der Waals surface area contributed by atoms with Gasteiger partial charge in [-0.25, -0.2) is 0 Å². The molecule has 4 aliphatic carbocycles. The molecule has 0 aliphatic heterocycles. The molecule has 0 spiro atoms. The summed E-state index contributed by atoms with van der Waals surface area (Å²) in [4.78, 5) is 24.0. The summed E-state index contributed by atoms with van der Waals surface area (Å²) in [5.74, 6) is 1.79. The summed E-state index contributed by atoms with van der Waals surface area (Å²) < 4.78 is 0. The Bertz CT molecular complexity index is 549. The van der Waals surface area contributed by atoms with Crippen molar-refractivity contribution in [1.82, 2.24) is 0 Å². The minimum Gasteiger partial charge on any atom is -0.385 e. The van der Waals surface area contributed by atoms with E-state index >= 15 is 0 Å². The highest BCUT2D eigenvalue weighted by Gasteiger charge is 2.59. The molecule has 0 heterocycles. The van der Waals surface area contributed by atoms with Crippen LogP contribution < -0.4 is 0 Å². The van der Waals surface area contributed by atoms with Crippen LogP contribution in [0.3, 0.4) is 0 Å². The SMILES string of the molecule is C[C@]12CCC3C(CCC4=CC(=O)CCC43O)C1CCC2=O. The fraction of sp³-hybridized carbons (Fsp3) is 0.778. The number of carbonyl (C=O) groups is 2. The summed E-state index contributed by atoms with van der Waals surface area (Å²) in [6, 6.07) is 0. The van der Waals surface area contributed by atoms with Crippen LogP contribution in [-0.4, -0.2) is 22.3 Å². The molecule has 3 nitrogen and oxygen atoms in total. The molecule has 5 atom stereocenters. The summed E-state index contributed by atoms with van der Waals surface area (Å²) in [6.45, 7) is 2.16. The van der Waals surface area contributed by atoms with Crippen LogP contribution in [0.2, 0.25) is 0 Å². The smallest absolute Gasteiger partial charge is 0.155 e. The second kappa shape index (κ2) is 4.28. The molecule has 4 rings (SSSR count). The lowest BCUT2D eigenvalue weighted by Gasteiger charge is -2.55. The van der Waals surface area contributed by atoms with Crippen molar-refractivity contribution in [1.29, 1.82) is 0 Å². The van der Waals surface area contributed by atoms with Crippen LogP contribution in [0.25, 0.3) is 0 Å². The van der Waals surface area contributed by atoms with Crippen molar-refractivity contribution in [2.75, 3.05) is 0 Å². The third-order valence-corrected chi connectivity index (χ3v) is 7.15. The highest BCUT2D eigenvalue weighted by molar-refractivity contribution is 5.92. The average Bonchev–Trinajstić information content (AvgIpc) is 2.76. The van der Waals surface area contributed by atoms with Gasteiger partial charge < -0.3 is 5.11 Å². The average molecular weight is 288 g/mol. The molecule has 1 N–H and O–H groups in total. The lowest BCUT2D eigenvalue weighted by molar-refractivity contribution is -0.138. The number of carbonyl (C=O) groups excluding carboxylic acids is 2. The van der Waals surface area contributed by atoms with E-state index in [-0.39, 0.29) is 17.1 Å². The molecular weight excluding hydrogens is 264 g/mol. The first kappa shape index (κ1) is 13.7. The summed E-state index contributed by atoms with van der Waals surface area (Å²) in [5, 5.41) is 11.3. The zero-order valence-corrected chi connectivity index (χ0v) is 12.7. The normalized spacial score (nSPS) is 49.2. The summed E-state index contributed by atoms with van der Waals surface area (Å²) in [7, 11) is 0. The highest BCUT2D eigenvalue weighted by Crippen LogP contribution is 2.61. The lowest BCUT2D eigenvalue weighted by atomic mass is 9.51. The standard InChI is InChI=1S/C18H24O3/c1-17-8-7-15-13(14(17)4-5-16(17)20)3-2-11-10-12(19)6-9-18(11,15)21/h10,13-15,21H,2-9H2,1H3/t13?,14?,15?,17-,18?/m0/s1. The summed E-state index contributed by atoms with van der Waals surface area (Å²) in [5.41, 5.74) is 0.0838. The zero-order valence-electron chi connectivity index (χ0n) is 12.7. The van der Waals surface area contributed by atoms with E-state index < -0.39 is 5.60 Å². The minimum absolute atomic E-state index is 0.136. The first-order chi connectivity index (χ1) is 9.95. The van der Waals surface area contributed by atoms with E-state index in [1.807, 2.05) is 0 Å². The van der Waals surface area contributed by atoms with Crippen molar-refractivity contribution in [3.8, 4) is 0 Å². The van der Waals surface area contributed by atoms with Crippen molar-refractivity contribution >= 4 is 11.6 Å². The van der Waals surface area contributed by atoms with Crippen molar-refractivity contribution in [3.05, 3.63) is 11.6 Å². The predicted molar refractivity (Wildman–Crippen MR) is 78.6 cm³/mol. The number of rotatable bonds is 0. The van der Waals surface area contributed by atoms with Gasteiger partial charge in [-0.3, -0.25) is 9.59 Å². The molecule has 0 saturated heterocycles. The third kappa shape index (κ3) is 1.70. The monoisotopic (exact) mass is 288 g/mol. The molecule has 21 heavy (non-hydrogen) atoms. The number of ketones is 2. The topological polar surface area (TPSA) is 54.4 Å². The molecule has 0 aromatic heterocycles. The van der Waals surface area contributed by atoms with Crippen molar-refractivity contribution in [2.24, 2.45) is 23.2 Å².